The molecule has 19 heavy (non-hydrogen) atoms. The fourth-order valence-corrected chi connectivity index (χ4v) is 2.50. The van der Waals surface area contributed by atoms with E-state index in [1.165, 1.54) is 11.8 Å². The van der Waals surface area contributed by atoms with Crippen LogP contribution in [-0.4, -0.2) is 43.8 Å². The first-order chi connectivity index (χ1) is 8.79. The lowest BCUT2D eigenvalue weighted by Gasteiger charge is -2.19. The Balaban J connectivity index is 2.30. The van der Waals surface area contributed by atoms with Crippen LogP contribution in [0.3, 0.4) is 0 Å². The van der Waals surface area contributed by atoms with Crippen molar-refractivity contribution in [1.29, 1.82) is 0 Å². The van der Waals surface area contributed by atoms with Gasteiger partial charge in [-0.2, -0.15) is 8.75 Å². The molecule has 0 unspecified atom stereocenters. The van der Waals surface area contributed by atoms with Gasteiger partial charge < -0.3 is 15.2 Å². The lowest BCUT2D eigenvalue weighted by molar-refractivity contribution is 0.0530. The Bertz CT molecular complexity index is 456. The molecule has 1 heterocycles. The predicted molar refractivity (Wildman–Crippen MR) is 71.8 cm³/mol. The number of carboxylic acid groups (broad SMARTS) is 1. The third-order valence-corrected chi connectivity index (χ3v) is 3.28. The highest BCUT2D eigenvalue weighted by atomic mass is 32.2. The number of hydrogen-bond donors (Lipinski definition) is 2. The third kappa shape index (κ3) is 5.88. The SMILES string of the molecule is CC(C)(C)OC(=O)NCCSc1nsnc1C(=O)O. The number of carbonyl (C=O) groups excluding carboxylic acids is 1. The van der Waals surface area contributed by atoms with Crippen LogP contribution in [0, 0.1) is 0 Å². The Kier molecular flexibility index (Phi) is 5.55. The molecule has 1 amide bonds. The molecule has 9 heteroatoms. The topological polar surface area (TPSA) is 101 Å². The molecule has 0 aliphatic rings. The normalized spacial score (nSPS) is 11.1. The zero-order valence-corrected chi connectivity index (χ0v) is 12.4. The maximum absolute atomic E-state index is 11.3. The van der Waals surface area contributed by atoms with E-state index in [1.54, 1.807) is 20.8 Å². The number of thioether (sulfide) groups is 1. The van der Waals surface area contributed by atoms with E-state index >= 15 is 0 Å². The number of hydrogen-bond acceptors (Lipinski definition) is 7. The van der Waals surface area contributed by atoms with E-state index in [2.05, 4.69) is 14.1 Å². The molecule has 0 aliphatic carbocycles. The molecule has 0 saturated carbocycles. The highest BCUT2D eigenvalue weighted by molar-refractivity contribution is 7.99. The molecule has 1 aromatic rings. The molecule has 0 radical (unpaired) electrons. The van der Waals surface area contributed by atoms with E-state index in [4.69, 9.17) is 9.84 Å². The molecule has 0 saturated heterocycles. The molecule has 7 nitrogen and oxygen atoms in total. The maximum Gasteiger partial charge on any atom is 0.407 e. The van der Waals surface area contributed by atoms with Crippen LogP contribution < -0.4 is 5.32 Å². The summed E-state index contributed by atoms with van der Waals surface area (Å²) in [7, 11) is 0. The van der Waals surface area contributed by atoms with Gasteiger partial charge in [0.25, 0.3) is 0 Å². The molecule has 106 valence electrons. The minimum absolute atomic E-state index is 0.0488. The molecular formula is C10H15N3O4S2. The van der Waals surface area contributed by atoms with Crippen LogP contribution >= 0.6 is 23.5 Å². The Labute approximate surface area is 119 Å². The lowest BCUT2D eigenvalue weighted by atomic mass is 10.2. The van der Waals surface area contributed by atoms with Crippen molar-refractivity contribution in [3.05, 3.63) is 5.69 Å². The number of ether oxygens (including phenoxy) is 1. The summed E-state index contributed by atoms with van der Waals surface area (Å²) in [5.74, 6) is -0.610. The zero-order valence-electron chi connectivity index (χ0n) is 10.8. The number of carboxylic acids is 1. The summed E-state index contributed by atoms with van der Waals surface area (Å²) in [4.78, 5) is 22.1. The second kappa shape index (κ2) is 6.71. The maximum atomic E-state index is 11.3. The Morgan fingerprint density at radius 2 is 2.11 bits per heavy atom. The van der Waals surface area contributed by atoms with E-state index in [9.17, 15) is 9.59 Å². The van der Waals surface area contributed by atoms with Crippen molar-refractivity contribution in [3.8, 4) is 0 Å². The number of alkyl carbamates (subject to hydrolysis) is 1. The Morgan fingerprint density at radius 1 is 1.42 bits per heavy atom. The monoisotopic (exact) mass is 305 g/mol. The molecule has 0 aromatic carbocycles. The van der Waals surface area contributed by atoms with Crippen molar-refractivity contribution in [1.82, 2.24) is 14.1 Å². The van der Waals surface area contributed by atoms with E-state index in [-0.39, 0.29) is 5.69 Å². The molecule has 2 N–H and O–H groups in total. The number of aromatic nitrogens is 2. The summed E-state index contributed by atoms with van der Waals surface area (Å²) in [6, 6.07) is 0. The zero-order chi connectivity index (χ0) is 14.5. The molecular weight excluding hydrogens is 290 g/mol. The van der Waals surface area contributed by atoms with Crippen LogP contribution in [0.4, 0.5) is 4.79 Å². The first-order valence-corrected chi connectivity index (χ1v) is 7.16. The van der Waals surface area contributed by atoms with Gasteiger partial charge in [0.05, 0.1) is 11.7 Å². The Hall–Kier alpha value is -1.35. The van der Waals surface area contributed by atoms with Gasteiger partial charge in [-0.3, -0.25) is 0 Å². The molecule has 0 fully saturated rings. The van der Waals surface area contributed by atoms with Crippen LogP contribution in [-0.2, 0) is 4.74 Å². The quantitative estimate of drug-likeness (QED) is 0.632. The van der Waals surface area contributed by atoms with Gasteiger partial charge in [0.15, 0.2) is 5.69 Å². The number of carbonyl (C=O) groups is 2. The molecule has 1 aromatic heterocycles. The first-order valence-electron chi connectivity index (χ1n) is 5.45. The van der Waals surface area contributed by atoms with Crippen LogP contribution in [0.1, 0.15) is 31.3 Å². The predicted octanol–water partition coefficient (Wildman–Crippen LogP) is 1.85. The molecule has 0 spiro atoms. The van der Waals surface area contributed by atoms with Gasteiger partial charge in [-0.1, -0.05) is 0 Å². The van der Waals surface area contributed by atoms with Gasteiger partial charge in [0, 0.05) is 12.3 Å². The van der Waals surface area contributed by atoms with E-state index in [0.717, 1.165) is 11.7 Å². The first kappa shape index (κ1) is 15.7. The Morgan fingerprint density at radius 3 is 2.68 bits per heavy atom. The fraction of sp³-hybridized carbons (Fsp3) is 0.600. The third-order valence-electron chi connectivity index (χ3n) is 1.67. The van der Waals surface area contributed by atoms with Crippen LogP contribution in [0.15, 0.2) is 5.03 Å². The van der Waals surface area contributed by atoms with Gasteiger partial charge in [0.2, 0.25) is 0 Å². The largest absolute Gasteiger partial charge is 0.476 e. The minimum atomic E-state index is -1.10. The summed E-state index contributed by atoms with van der Waals surface area (Å²) in [6.45, 7) is 5.69. The number of nitrogens with zero attached hydrogens (tertiary/aromatic N) is 2. The number of rotatable bonds is 5. The lowest BCUT2D eigenvalue weighted by Crippen LogP contribution is -2.33. The average Bonchev–Trinajstić information content (AvgIpc) is 2.70. The van der Waals surface area contributed by atoms with E-state index in [1.807, 2.05) is 0 Å². The smallest absolute Gasteiger partial charge is 0.407 e. The number of nitrogens with one attached hydrogen (secondary N) is 1. The van der Waals surface area contributed by atoms with Gasteiger partial charge >= 0.3 is 12.1 Å². The van der Waals surface area contributed by atoms with E-state index < -0.39 is 17.7 Å². The van der Waals surface area contributed by atoms with Crippen molar-refractivity contribution in [2.45, 2.75) is 31.4 Å². The molecule has 1 rings (SSSR count). The van der Waals surface area contributed by atoms with Crippen molar-refractivity contribution in [2.24, 2.45) is 0 Å². The number of aromatic carboxylic acids is 1. The highest BCUT2D eigenvalue weighted by Crippen LogP contribution is 2.19. The summed E-state index contributed by atoms with van der Waals surface area (Å²) >= 11 is 2.08. The van der Waals surface area contributed by atoms with Crippen molar-refractivity contribution in [3.63, 3.8) is 0 Å². The van der Waals surface area contributed by atoms with E-state index in [0.29, 0.717) is 17.3 Å². The van der Waals surface area contributed by atoms with Crippen LogP contribution in [0.5, 0.6) is 0 Å². The fourth-order valence-electron chi connectivity index (χ4n) is 1.02. The van der Waals surface area contributed by atoms with Crippen molar-refractivity contribution >= 4 is 35.6 Å². The summed E-state index contributed by atoms with van der Waals surface area (Å²) in [6.07, 6.45) is -0.497. The van der Waals surface area contributed by atoms with Crippen molar-refractivity contribution in [2.75, 3.05) is 12.3 Å². The minimum Gasteiger partial charge on any atom is -0.476 e. The van der Waals surface area contributed by atoms with Crippen molar-refractivity contribution < 1.29 is 19.4 Å². The molecule has 0 atom stereocenters. The average molecular weight is 305 g/mol. The van der Waals surface area contributed by atoms with Crippen LogP contribution in [0.2, 0.25) is 0 Å². The van der Waals surface area contributed by atoms with Gasteiger partial charge in [0.1, 0.15) is 10.6 Å². The summed E-state index contributed by atoms with van der Waals surface area (Å²) in [5.41, 5.74) is -0.584. The number of amides is 1. The second-order valence-electron chi connectivity index (χ2n) is 4.50. The summed E-state index contributed by atoms with van der Waals surface area (Å²) < 4.78 is 12.6. The highest BCUT2D eigenvalue weighted by Gasteiger charge is 2.17. The van der Waals surface area contributed by atoms with Crippen LogP contribution in [0.25, 0.3) is 0 Å². The molecule has 0 aliphatic heterocycles. The summed E-state index contributed by atoms with van der Waals surface area (Å²) in [5, 5.41) is 11.8. The van der Waals surface area contributed by atoms with Gasteiger partial charge in [-0.05, 0) is 20.8 Å². The standard InChI is InChI=1S/C10H15N3O4S2/c1-10(2,3)17-9(16)11-4-5-18-7-6(8(14)15)12-19-13-7/h4-5H2,1-3H3,(H,11,16)(H,14,15). The second-order valence-corrected chi connectivity index (χ2v) is 6.11. The molecule has 0 bridgehead atoms. The van der Waals surface area contributed by atoms with Gasteiger partial charge in [-0.15, -0.1) is 11.8 Å². The van der Waals surface area contributed by atoms with Gasteiger partial charge in [-0.25, -0.2) is 9.59 Å².